The van der Waals surface area contributed by atoms with Gasteiger partial charge in [-0.2, -0.15) is 0 Å². The number of halogens is 1. The highest BCUT2D eigenvalue weighted by Gasteiger charge is 2.22. The zero-order chi connectivity index (χ0) is 13.7. The van der Waals surface area contributed by atoms with Crippen molar-refractivity contribution < 1.29 is 14.2 Å². The maximum atomic E-state index is 13.8. The summed E-state index contributed by atoms with van der Waals surface area (Å²) in [5, 5.41) is 12.5. The van der Waals surface area contributed by atoms with Crippen molar-refractivity contribution in [3.05, 3.63) is 29.6 Å². The second kappa shape index (κ2) is 6.84. The van der Waals surface area contributed by atoms with Crippen LogP contribution in [0.1, 0.15) is 18.0 Å². The maximum absolute atomic E-state index is 13.8. The van der Waals surface area contributed by atoms with Gasteiger partial charge < -0.3 is 15.2 Å². The van der Waals surface area contributed by atoms with Crippen molar-refractivity contribution in [2.45, 2.75) is 12.5 Å². The molecule has 1 heterocycles. The summed E-state index contributed by atoms with van der Waals surface area (Å²) in [5.41, 5.74) is 0.897. The van der Waals surface area contributed by atoms with Crippen LogP contribution in [0, 0.1) is 5.82 Å². The first kappa shape index (κ1) is 14.2. The van der Waals surface area contributed by atoms with Gasteiger partial charge in [0.2, 0.25) is 0 Å². The van der Waals surface area contributed by atoms with Crippen LogP contribution in [-0.4, -0.2) is 49.9 Å². The molecule has 2 rings (SSSR count). The zero-order valence-electron chi connectivity index (χ0n) is 11.2. The van der Waals surface area contributed by atoms with E-state index < -0.39 is 0 Å². The number of ether oxygens (including phenoxy) is 1. The Bertz CT molecular complexity index is 408. The number of methoxy groups -OCH3 is 1. The van der Waals surface area contributed by atoms with Gasteiger partial charge in [-0.3, -0.25) is 4.90 Å². The van der Waals surface area contributed by atoms with Gasteiger partial charge in [0.05, 0.1) is 7.11 Å². The Labute approximate surface area is 113 Å². The van der Waals surface area contributed by atoms with Crippen LogP contribution >= 0.6 is 0 Å². The van der Waals surface area contributed by atoms with Crippen LogP contribution in [-0.2, 0) is 0 Å². The second-order valence-corrected chi connectivity index (χ2v) is 4.71. The monoisotopic (exact) mass is 268 g/mol. The molecule has 106 valence electrons. The number of nitrogens with one attached hydrogen (secondary N) is 1. The van der Waals surface area contributed by atoms with E-state index in [9.17, 15) is 9.50 Å². The average molecular weight is 268 g/mol. The van der Waals surface area contributed by atoms with Crippen LogP contribution in [0.3, 0.4) is 0 Å². The van der Waals surface area contributed by atoms with Gasteiger partial charge >= 0.3 is 0 Å². The molecule has 1 aliphatic heterocycles. The molecular formula is C14H21FN2O2. The summed E-state index contributed by atoms with van der Waals surface area (Å²) < 4.78 is 18.7. The Kier molecular flexibility index (Phi) is 5.13. The number of hydrogen-bond donors (Lipinski definition) is 2. The van der Waals surface area contributed by atoms with Gasteiger partial charge in [-0.25, -0.2) is 4.39 Å². The maximum Gasteiger partial charge on any atom is 0.165 e. The van der Waals surface area contributed by atoms with E-state index in [1.807, 2.05) is 6.07 Å². The van der Waals surface area contributed by atoms with E-state index in [0.717, 1.165) is 31.7 Å². The minimum atomic E-state index is -0.349. The second-order valence-electron chi connectivity index (χ2n) is 4.71. The Morgan fingerprint density at radius 1 is 1.42 bits per heavy atom. The molecule has 0 aliphatic carbocycles. The van der Waals surface area contributed by atoms with Gasteiger partial charge in [0.1, 0.15) is 0 Å². The molecule has 1 unspecified atom stereocenters. The van der Waals surface area contributed by atoms with Crippen molar-refractivity contribution in [3.8, 4) is 5.75 Å². The van der Waals surface area contributed by atoms with E-state index in [0.29, 0.717) is 6.42 Å². The number of benzene rings is 1. The molecule has 1 saturated heterocycles. The van der Waals surface area contributed by atoms with Crippen molar-refractivity contribution in [2.24, 2.45) is 0 Å². The zero-order valence-corrected chi connectivity index (χ0v) is 11.2. The average Bonchev–Trinajstić information content (AvgIpc) is 2.45. The lowest BCUT2D eigenvalue weighted by atomic mass is 10.0. The number of aliphatic hydroxyl groups excluding tert-OH is 1. The lowest BCUT2D eigenvalue weighted by Gasteiger charge is -2.35. The normalized spacial score (nSPS) is 18.3. The van der Waals surface area contributed by atoms with Crippen LogP contribution in [0.15, 0.2) is 18.2 Å². The quantitative estimate of drug-likeness (QED) is 0.841. The Morgan fingerprint density at radius 2 is 2.16 bits per heavy atom. The molecular weight excluding hydrogens is 247 g/mol. The molecule has 1 atom stereocenters. The molecule has 5 heteroatoms. The van der Waals surface area contributed by atoms with Crippen molar-refractivity contribution in [2.75, 3.05) is 39.9 Å². The third-order valence-electron chi connectivity index (χ3n) is 3.56. The number of nitrogens with zero attached hydrogens (tertiary/aromatic N) is 1. The molecule has 2 N–H and O–H groups in total. The number of piperazine rings is 1. The fraction of sp³-hybridized carbons (Fsp3) is 0.571. The standard InChI is InChI=1S/C14H21FN2O2/c1-19-14-3-2-11(10-12(14)15)13(4-9-18)17-7-5-16-6-8-17/h2-3,10,13,16,18H,4-9H2,1H3. The number of aliphatic hydroxyl groups is 1. The first-order valence-electron chi connectivity index (χ1n) is 6.65. The molecule has 0 bridgehead atoms. The summed E-state index contributed by atoms with van der Waals surface area (Å²) in [5.74, 6) is -0.0927. The van der Waals surface area contributed by atoms with Gasteiger partial charge in [0, 0.05) is 38.8 Å². The molecule has 0 aromatic heterocycles. The SMILES string of the molecule is COc1ccc(C(CCO)N2CCNCC2)cc1F. The Morgan fingerprint density at radius 3 is 2.74 bits per heavy atom. The van der Waals surface area contributed by atoms with Gasteiger partial charge in [-0.1, -0.05) is 6.07 Å². The molecule has 1 aliphatic rings. The van der Waals surface area contributed by atoms with Gasteiger partial charge in [0.25, 0.3) is 0 Å². The summed E-state index contributed by atoms with van der Waals surface area (Å²) in [7, 11) is 1.46. The molecule has 0 amide bonds. The van der Waals surface area contributed by atoms with E-state index in [2.05, 4.69) is 10.2 Å². The van der Waals surface area contributed by atoms with Crippen LogP contribution < -0.4 is 10.1 Å². The third kappa shape index (κ3) is 3.43. The predicted molar refractivity (Wildman–Crippen MR) is 71.8 cm³/mol. The van der Waals surface area contributed by atoms with Crippen molar-refractivity contribution in [1.29, 1.82) is 0 Å². The van der Waals surface area contributed by atoms with Gasteiger partial charge in [0.15, 0.2) is 11.6 Å². The molecule has 0 spiro atoms. The fourth-order valence-corrected chi connectivity index (χ4v) is 2.57. The van der Waals surface area contributed by atoms with Crippen molar-refractivity contribution in [3.63, 3.8) is 0 Å². The highest BCUT2D eigenvalue weighted by atomic mass is 19.1. The summed E-state index contributed by atoms with van der Waals surface area (Å²) in [6.07, 6.45) is 0.617. The van der Waals surface area contributed by atoms with Crippen LogP contribution in [0.2, 0.25) is 0 Å². The largest absolute Gasteiger partial charge is 0.494 e. The third-order valence-corrected chi connectivity index (χ3v) is 3.56. The summed E-state index contributed by atoms with van der Waals surface area (Å²) in [6.45, 7) is 3.79. The van der Waals surface area contributed by atoms with E-state index in [1.165, 1.54) is 13.2 Å². The van der Waals surface area contributed by atoms with Gasteiger partial charge in [-0.05, 0) is 24.1 Å². The molecule has 1 aromatic carbocycles. The minimum Gasteiger partial charge on any atom is -0.494 e. The van der Waals surface area contributed by atoms with E-state index in [1.54, 1.807) is 6.07 Å². The fourth-order valence-electron chi connectivity index (χ4n) is 2.57. The first-order valence-corrected chi connectivity index (χ1v) is 6.65. The van der Waals surface area contributed by atoms with Crippen molar-refractivity contribution >= 4 is 0 Å². The lowest BCUT2D eigenvalue weighted by Crippen LogP contribution is -2.45. The first-order chi connectivity index (χ1) is 9.26. The summed E-state index contributed by atoms with van der Waals surface area (Å²) in [6, 6.07) is 5.11. The molecule has 0 saturated carbocycles. The smallest absolute Gasteiger partial charge is 0.165 e. The van der Waals surface area contributed by atoms with E-state index >= 15 is 0 Å². The predicted octanol–water partition coefficient (Wildman–Crippen LogP) is 1.16. The van der Waals surface area contributed by atoms with Crippen molar-refractivity contribution in [1.82, 2.24) is 10.2 Å². The molecule has 1 aromatic rings. The highest BCUT2D eigenvalue weighted by molar-refractivity contribution is 5.31. The molecule has 0 radical (unpaired) electrons. The van der Waals surface area contributed by atoms with Gasteiger partial charge in [-0.15, -0.1) is 0 Å². The highest BCUT2D eigenvalue weighted by Crippen LogP contribution is 2.28. The van der Waals surface area contributed by atoms with Crippen LogP contribution in [0.5, 0.6) is 5.75 Å². The van der Waals surface area contributed by atoms with Crippen LogP contribution in [0.4, 0.5) is 4.39 Å². The van der Waals surface area contributed by atoms with Crippen LogP contribution in [0.25, 0.3) is 0 Å². The summed E-state index contributed by atoms with van der Waals surface area (Å²) >= 11 is 0. The Balaban J connectivity index is 2.19. The number of hydrogen-bond acceptors (Lipinski definition) is 4. The molecule has 19 heavy (non-hydrogen) atoms. The minimum absolute atomic E-state index is 0.0625. The molecule has 1 fully saturated rings. The lowest BCUT2D eigenvalue weighted by molar-refractivity contribution is 0.141. The van der Waals surface area contributed by atoms with E-state index in [-0.39, 0.29) is 24.2 Å². The number of rotatable bonds is 5. The Hall–Kier alpha value is -1.17. The summed E-state index contributed by atoms with van der Waals surface area (Å²) in [4.78, 5) is 2.29. The molecule has 4 nitrogen and oxygen atoms in total. The van der Waals surface area contributed by atoms with E-state index in [4.69, 9.17) is 4.74 Å². The topological polar surface area (TPSA) is 44.7 Å².